The Morgan fingerprint density at radius 3 is 2.58 bits per heavy atom. The van der Waals surface area contributed by atoms with Crippen molar-refractivity contribution in [2.45, 2.75) is 51.5 Å². The SMILES string of the molecule is CCCC1OC2(c3ccc(Cl)c(C#C[Si](C)(C)C)c3)OCC1CO2. The molecule has 3 aliphatic heterocycles. The predicted octanol–water partition coefficient (Wildman–Crippen LogP) is 4.54. The fourth-order valence-electron chi connectivity index (χ4n) is 2.98. The van der Waals surface area contributed by atoms with Crippen molar-refractivity contribution in [1.29, 1.82) is 0 Å². The molecule has 24 heavy (non-hydrogen) atoms. The van der Waals surface area contributed by atoms with E-state index in [0.29, 0.717) is 24.2 Å². The Bertz CT molecular complexity index is 663. The molecule has 2 bridgehead atoms. The molecule has 0 aromatic heterocycles. The molecule has 0 N–H and O–H groups in total. The van der Waals surface area contributed by atoms with Gasteiger partial charge < -0.3 is 14.2 Å². The molecule has 3 heterocycles. The Balaban J connectivity index is 1.92. The second-order valence-electron chi connectivity index (χ2n) is 7.58. The van der Waals surface area contributed by atoms with Crippen molar-refractivity contribution in [3.05, 3.63) is 34.3 Å². The second-order valence-corrected chi connectivity index (χ2v) is 12.7. The normalized spacial score (nSPS) is 29.2. The Kier molecular flexibility index (Phi) is 5.11. The zero-order chi connectivity index (χ0) is 17.4. The molecule has 1 aromatic rings. The Morgan fingerprint density at radius 1 is 1.25 bits per heavy atom. The van der Waals surface area contributed by atoms with Gasteiger partial charge in [0, 0.05) is 17.0 Å². The first-order chi connectivity index (χ1) is 11.3. The van der Waals surface area contributed by atoms with Gasteiger partial charge in [-0.1, -0.05) is 50.5 Å². The van der Waals surface area contributed by atoms with Gasteiger partial charge in [-0.25, -0.2) is 0 Å². The Labute approximate surface area is 150 Å². The van der Waals surface area contributed by atoms with Gasteiger partial charge >= 0.3 is 5.97 Å². The highest BCUT2D eigenvalue weighted by molar-refractivity contribution is 6.83. The van der Waals surface area contributed by atoms with Crippen LogP contribution in [0.15, 0.2) is 18.2 Å². The topological polar surface area (TPSA) is 27.7 Å². The van der Waals surface area contributed by atoms with E-state index < -0.39 is 14.0 Å². The van der Waals surface area contributed by atoms with E-state index in [1.165, 1.54) is 0 Å². The lowest BCUT2D eigenvalue weighted by Crippen LogP contribution is -2.56. The van der Waals surface area contributed by atoms with E-state index in [9.17, 15) is 0 Å². The molecule has 3 nitrogen and oxygen atoms in total. The molecular weight excluding hydrogens is 340 g/mol. The van der Waals surface area contributed by atoms with Crippen LogP contribution in [0, 0.1) is 17.4 Å². The van der Waals surface area contributed by atoms with Crippen LogP contribution in [0.25, 0.3) is 0 Å². The van der Waals surface area contributed by atoms with Gasteiger partial charge in [0.25, 0.3) is 0 Å². The fraction of sp³-hybridized carbons (Fsp3) is 0.579. The third-order valence-corrected chi connectivity index (χ3v) is 5.48. The lowest BCUT2D eigenvalue weighted by atomic mass is 9.96. The lowest BCUT2D eigenvalue weighted by Gasteiger charge is -2.49. The molecule has 1 aromatic carbocycles. The number of ether oxygens (including phenoxy) is 3. The van der Waals surface area contributed by atoms with E-state index in [0.717, 1.165) is 24.0 Å². The van der Waals surface area contributed by atoms with Crippen molar-refractivity contribution in [2.75, 3.05) is 13.2 Å². The minimum Gasteiger partial charge on any atom is -0.323 e. The molecule has 4 rings (SSSR count). The van der Waals surface area contributed by atoms with Crippen molar-refractivity contribution in [3.63, 3.8) is 0 Å². The summed E-state index contributed by atoms with van der Waals surface area (Å²) in [6, 6.07) is 5.71. The summed E-state index contributed by atoms with van der Waals surface area (Å²) in [5, 5.41) is 0.649. The van der Waals surface area contributed by atoms with Crippen LogP contribution in [0.4, 0.5) is 0 Å². The first-order valence-electron chi connectivity index (χ1n) is 8.62. The number of halogens is 1. The van der Waals surface area contributed by atoms with E-state index in [1.807, 2.05) is 18.2 Å². The summed E-state index contributed by atoms with van der Waals surface area (Å²) < 4.78 is 18.1. The van der Waals surface area contributed by atoms with Crippen LogP contribution in [-0.2, 0) is 20.2 Å². The molecular formula is C19H25ClO3Si. The highest BCUT2D eigenvalue weighted by atomic mass is 35.5. The average molecular weight is 365 g/mol. The lowest BCUT2D eigenvalue weighted by molar-refractivity contribution is -0.479. The largest absolute Gasteiger partial charge is 0.323 e. The summed E-state index contributed by atoms with van der Waals surface area (Å²) in [7, 11) is -1.47. The van der Waals surface area contributed by atoms with Gasteiger partial charge in [-0.05, 0) is 24.6 Å². The molecule has 5 heteroatoms. The van der Waals surface area contributed by atoms with Gasteiger partial charge in [-0.2, -0.15) is 0 Å². The molecule has 0 aliphatic carbocycles. The summed E-state index contributed by atoms with van der Waals surface area (Å²) in [6.45, 7) is 10.1. The number of benzene rings is 1. The van der Waals surface area contributed by atoms with Gasteiger partial charge in [0.1, 0.15) is 8.07 Å². The van der Waals surface area contributed by atoms with E-state index in [-0.39, 0.29) is 6.10 Å². The highest BCUT2D eigenvalue weighted by Crippen LogP contribution is 2.43. The molecule has 1 atom stereocenters. The van der Waals surface area contributed by atoms with Gasteiger partial charge in [-0.15, -0.1) is 5.54 Å². The van der Waals surface area contributed by atoms with Crippen LogP contribution in [0.5, 0.6) is 0 Å². The molecule has 130 valence electrons. The first kappa shape index (κ1) is 18.0. The summed E-state index contributed by atoms with van der Waals surface area (Å²) in [5.41, 5.74) is 5.01. The van der Waals surface area contributed by atoms with E-state index in [4.69, 9.17) is 25.8 Å². The Hall–Kier alpha value is -0.833. The van der Waals surface area contributed by atoms with E-state index in [2.05, 4.69) is 38.0 Å². The summed E-state index contributed by atoms with van der Waals surface area (Å²) >= 11 is 6.33. The zero-order valence-electron chi connectivity index (χ0n) is 14.8. The molecule has 0 radical (unpaired) electrons. The molecule has 3 saturated heterocycles. The fourth-order valence-corrected chi connectivity index (χ4v) is 3.66. The smallest absolute Gasteiger partial charge is 0.312 e. The highest BCUT2D eigenvalue weighted by Gasteiger charge is 2.50. The third kappa shape index (κ3) is 3.71. The molecule has 0 spiro atoms. The quantitative estimate of drug-likeness (QED) is 0.582. The monoisotopic (exact) mass is 364 g/mol. The molecule has 0 saturated carbocycles. The number of fused-ring (bicyclic) bond motifs is 3. The minimum atomic E-state index is -1.47. The van der Waals surface area contributed by atoms with E-state index in [1.54, 1.807) is 0 Å². The predicted molar refractivity (Wildman–Crippen MR) is 98.5 cm³/mol. The van der Waals surface area contributed by atoms with Crippen molar-refractivity contribution < 1.29 is 14.2 Å². The molecule has 3 aliphatic rings. The average Bonchev–Trinajstić information content (AvgIpc) is 2.54. The van der Waals surface area contributed by atoms with Crippen LogP contribution in [-0.4, -0.2) is 27.4 Å². The van der Waals surface area contributed by atoms with Crippen molar-refractivity contribution in [2.24, 2.45) is 5.92 Å². The van der Waals surface area contributed by atoms with Crippen LogP contribution in [0.1, 0.15) is 30.9 Å². The van der Waals surface area contributed by atoms with Gasteiger partial charge in [-0.3, -0.25) is 0 Å². The van der Waals surface area contributed by atoms with Crippen LogP contribution >= 0.6 is 11.6 Å². The molecule has 0 amide bonds. The number of hydrogen-bond acceptors (Lipinski definition) is 3. The van der Waals surface area contributed by atoms with Crippen molar-refractivity contribution in [1.82, 2.24) is 0 Å². The third-order valence-electron chi connectivity index (χ3n) is 4.27. The van der Waals surface area contributed by atoms with E-state index >= 15 is 0 Å². The van der Waals surface area contributed by atoms with Crippen molar-refractivity contribution in [3.8, 4) is 11.5 Å². The number of rotatable bonds is 3. The maximum Gasteiger partial charge on any atom is 0.312 e. The van der Waals surface area contributed by atoms with Gasteiger partial charge in [0.15, 0.2) is 0 Å². The van der Waals surface area contributed by atoms with Crippen LogP contribution < -0.4 is 0 Å². The second kappa shape index (κ2) is 6.82. The van der Waals surface area contributed by atoms with Crippen LogP contribution in [0.2, 0.25) is 24.7 Å². The van der Waals surface area contributed by atoms with Gasteiger partial charge in [0.05, 0.1) is 24.3 Å². The Morgan fingerprint density at radius 2 is 1.96 bits per heavy atom. The van der Waals surface area contributed by atoms with Gasteiger partial charge in [0.2, 0.25) is 0 Å². The minimum absolute atomic E-state index is 0.185. The summed E-state index contributed by atoms with van der Waals surface area (Å²) in [6.07, 6.45) is 2.30. The first-order valence-corrected chi connectivity index (χ1v) is 12.5. The summed E-state index contributed by atoms with van der Waals surface area (Å²) in [5.74, 6) is 2.46. The number of hydrogen-bond donors (Lipinski definition) is 0. The van der Waals surface area contributed by atoms with Crippen molar-refractivity contribution >= 4 is 19.7 Å². The molecule has 3 fully saturated rings. The standard InChI is InChI=1S/C19H25ClO3Si/c1-5-6-18-15-12-21-19(23-18,22-13-15)16-7-8-17(20)14(11-16)9-10-24(2,3)4/h7-8,11,15,18H,5-6,12-13H2,1-4H3. The van der Waals surface area contributed by atoms with Crippen LogP contribution in [0.3, 0.4) is 0 Å². The molecule has 1 unspecified atom stereocenters. The maximum absolute atomic E-state index is 6.33. The summed E-state index contributed by atoms with van der Waals surface area (Å²) in [4.78, 5) is 0. The zero-order valence-corrected chi connectivity index (χ0v) is 16.6. The maximum atomic E-state index is 6.33.